The van der Waals surface area contributed by atoms with Crippen LogP contribution < -0.4 is 20.7 Å². The Morgan fingerprint density at radius 2 is 1.89 bits per heavy atom. The molecule has 3 N–H and O–H groups in total. The first-order valence-corrected chi connectivity index (χ1v) is 9.95. The monoisotopic (exact) mass is 461 g/mol. The van der Waals surface area contributed by atoms with Gasteiger partial charge in [0.25, 0.3) is 5.91 Å². The van der Waals surface area contributed by atoms with Crippen LogP contribution in [0.15, 0.2) is 40.9 Å². The van der Waals surface area contributed by atoms with Crippen molar-refractivity contribution in [2.45, 2.75) is 19.8 Å². The molecule has 0 atom stereocenters. The molecule has 1 aliphatic carbocycles. The fraction of sp³-hybridized carbons (Fsp3) is 0.250. The van der Waals surface area contributed by atoms with E-state index in [1.807, 2.05) is 19.1 Å². The maximum absolute atomic E-state index is 12.5. The van der Waals surface area contributed by atoms with Gasteiger partial charge in [-0.15, -0.1) is 0 Å². The quantitative estimate of drug-likeness (QED) is 0.580. The molecule has 2 aromatic carbocycles. The number of aryl methyl sites for hydroxylation is 1. The van der Waals surface area contributed by atoms with Gasteiger partial charge in [-0.2, -0.15) is 0 Å². The third-order valence-electron chi connectivity index (χ3n) is 4.33. The molecule has 28 heavy (non-hydrogen) atoms. The normalized spacial score (nSPS) is 12.8. The molecule has 1 aliphatic rings. The molecule has 1 fully saturated rings. The number of halogens is 1. The van der Waals surface area contributed by atoms with E-state index in [4.69, 9.17) is 17.0 Å². The first kappa shape index (κ1) is 20.3. The first-order chi connectivity index (χ1) is 13.4. The molecule has 0 aromatic heterocycles. The summed E-state index contributed by atoms with van der Waals surface area (Å²) in [6.45, 7) is 1.92. The second-order valence-electron chi connectivity index (χ2n) is 6.55. The number of hydrogen-bond donors (Lipinski definition) is 3. The first-order valence-electron chi connectivity index (χ1n) is 8.74. The molecule has 0 spiro atoms. The maximum atomic E-state index is 12.5. The zero-order chi connectivity index (χ0) is 20.3. The molecule has 0 unspecified atom stereocenters. The Morgan fingerprint density at radius 1 is 1.14 bits per heavy atom. The molecule has 0 aliphatic heterocycles. The van der Waals surface area contributed by atoms with Crippen LogP contribution in [0.4, 0.5) is 11.4 Å². The van der Waals surface area contributed by atoms with Crippen LogP contribution in [0.2, 0.25) is 0 Å². The van der Waals surface area contributed by atoms with Crippen LogP contribution in [0, 0.1) is 12.8 Å². The molecule has 0 radical (unpaired) electrons. The van der Waals surface area contributed by atoms with Gasteiger partial charge in [0.2, 0.25) is 5.91 Å². The minimum atomic E-state index is -0.384. The molecule has 8 heteroatoms. The molecule has 2 amide bonds. The number of methoxy groups -OCH3 is 1. The number of ether oxygens (including phenoxy) is 1. The predicted octanol–water partition coefficient (Wildman–Crippen LogP) is 4.24. The average Bonchev–Trinajstić information content (AvgIpc) is 3.49. The van der Waals surface area contributed by atoms with E-state index in [1.54, 1.807) is 24.3 Å². The smallest absolute Gasteiger partial charge is 0.261 e. The van der Waals surface area contributed by atoms with Crippen LogP contribution in [0.1, 0.15) is 28.8 Å². The summed E-state index contributed by atoms with van der Waals surface area (Å²) in [7, 11) is 1.50. The Labute approximate surface area is 177 Å². The minimum absolute atomic E-state index is 0.0397. The molecule has 6 nitrogen and oxygen atoms in total. The molecule has 0 heterocycles. The maximum Gasteiger partial charge on any atom is 0.261 e. The summed E-state index contributed by atoms with van der Waals surface area (Å²) in [4.78, 5) is 24.5. The second kappa shape index (κ2) is 8.70. The Morgan fingerprint density at radius 3 is 2.57 bits per heavy atom. The summed E-state index contributed by atoms with van der Waals surface area (Å²) >= 11 is 8.60. The summed E-state index contributed by atoms with van der Waals surface area (Å²) in [6, 6.07) is 10.7. The Balaban J connectivity index is 1.67. The van der Waals surface area contributed by atoms with Gasteiger partial charge < -0.3 is 15.4 Å². The van der Waals surface area contributed by atoms with Crippen molar-refractivity contribution in [3.8, 4) is 5.75 Å². The lowest BCUT2D eigenvalue weighted by atomic mass is 10.1. The number of nitrogens with one attached hydrogen (secondary N) is 3. The van der Waals surface area contributed by atoms with Crippen LogP contribution in [0.3, 0.4) is 0 Å². The number of thiocarbonyl (C=S) groups is 1. The highest BCUT2D eigenvalue weighted by atomic mass is 79.9. The van der Waals surface area contributed by atoms with Gasteiger partial charge in [0, 0.05) is 21.8 Å². The molecule has 3 rings (SSSR count). The Kier molecular flexibility index (Phi) is 6.31. The van der Waals surface area contributed by atoms with Crippen LogP contribution in [-0.4, -0.2) is 24.0 Å². The predicted molar refractivity (Wildman–Crippen MR) is 117 cm³/mol. The van der Waals surface area contributed by atoms with E-state index >= 15 is 0 Å². The standard InChI is InChI=1S/C20H20BrN3O3S/c1-11-3-7-14(10-16(11)23-18(25)12-4-5-12)22-20(28)24-19(26)15-9-13(21)6-8-17(15)27-2/h3,6-10,12H,4-5H2,1-2H3,(H,23,25)(H2,22,24,26,28). The third kappa shape index (κ3) is 5.08. The van der Waals surface area contributed by atoms with Crippen molar-refractivity contribution in [2.75, 3.05) is 17.7 Å². The van der Waals surface area contributed by atoms with E-state index in [0.717, 1.165) is 28.6 Å². The molecule has 1 saturated carbocycles. The van der Waals surface area contributed by atoms with Gasteiger partial charge in [0.15, 0.2) is 5.11 Å². The van der Waals surface area contributed by atoms with E-state index in [0.29, 0.717) is 17.0 Å². The lowest BCUT2D eigenvalue weighted by Gasteiger charge is -2.14. The highest BCUT2D eigenvalue weighted by Crippen LogP contribution is 2.31. The van der Waals surface area contributed by atoms with Crippen LogP contribution >= 0.6 is 28.1 Å². The van der Waals surface area contributed by atoms with Crippen molar-refractivity contribution >= 4 is 56.4 Å². The summed E-state index contributed by atoms with van der Waals surface area (Å²) < 4.78 is 5.98. The Bertz CT molecular complexity index is 944. The zero-order valence-electron chi connectivity index (χ0n) is 15.5. The third-order valence-corrected chi connectivity index (χ3v) is 5.03. The van der Waals surface area contributed by atoms with Gasteiger partial charge in [0.05, 0.1) is 12.7 Å². The largest absolute Gasteiger partial charge is 0.496 e. The number of anilines is 2. The zero-order valence-corrected chi connectivity index (χ0v) is 17.9. The van der Waals surface area contributed by atoms with Gasteiger partial charge in [0.1, 0.15) is 5.75 Å². The summed E-state index contributed by atoms with van der Waals surface area (Å²) in [5.74, 6) is 0.225. The highest BCUT2D eigenvalue weighted by molar-refractivity contribution is 9.10. The van der Waals surface area contributed by atoms with Gasteiger partial charge in [-0.3, -0.25) is 14.9 Å². The summed E-state index contributed by atoms with van der Waals surface area (Å²) in [5, 5.41) is 8.71. The molecule has 146 valence electrons. The molecular weight excluding hydrogens is 442 g/mol. The minimum Gasteiger partial charge on any atom is -0.496 e. The van der Waals surface area contributed by atoms with E-state index in [9.17, 15) is 9.59 Å². The Hall–Kier alpha value is -2.45. The van der Waals surface area contributed by atoms with E-state index in [1.165, 1.54) is 7.11 Å². The topological polar surface area (TPSA) is 79.5 Å². The number of benzene rings is 2. The molecular formula is C20H20BrN3O3S. The molecule has 0 bridgehead atoms. The van der Waals surface area contributed by atoms with E-state index in [-0.39, 0.29) is 22.8 Å². The molecule has 2 aromatic rings. The van der Waals surface area contributed by atoms with Crippen LogP contribution in [0.25, 0.3) is 0 Å². The van der Waals surface area contributed by atoms with E-state index < -0.39 is 0 Å². The average molecular weight is 462 g/mol. The second-order valence-corrected chi connectivity index (χ2v) is 7.87. The number of rotatable bonds is 5. The summed E-state index contributed by atoms with van der Waals surface area (Å²) in [6.07, 6.45) is 1.88. The van der Waals surface area contributed by atoms with Crippen molar-refractivity contribution in [2.24, 2.45) is 5.92 Å². The van der Waals surface area contributed by atoms with Crippen LogP contribution in [-0.2, 0) is 4.79 Å². The van der Waals surface area contributed by atoms with Crippen molar-refractivity contribution in [1.82, 2.24) is 5.32 Å². The van der Waals surface area contributed by atoms with Gasteiger partial charge >= 0.3 is 0 Å². The highest BCUT2D eigenvalue weighted by Gasteiger charge is 2.29. The van der Waals surface area contributed by atoms with Gasteiger partial charge in [-0.05, 0) is 67.9 Å². The van der Waals surface area contributed by atoms with Gasteiger partial charge in [-0.25, -0.2) is 0 Å². The number of amides is 2. The van der Waals surface area contributed by atoms with Crippen LogP contribution in [0.5, 0.6) is 5.75 Å². The van der Waals surface area contributed by atoms with Crippen molar-refractivity contribution < 1.29 is 14.3 Å². The fourth-order valence-corrected chi connectivity index (χ4v) is 3.18. The number of carbonyl (C=O) groups excluding carboxylic acids is 2. The number of hydrogen-bond acceptors (Lipinski definition) is 4. The molecule has 0 saturated heterocycles. The van der Waals surface area contributed by atoms with Crippen molar-refractivity contribution in [3.63, 3.8) is 0 Å². The SMILES string of the molecule is COc1ccc(Br)cc1C(=O)NC(=S)Nc1ccc(C)c(NC(=O)C2CC2)c1. The lowest BCUT2D eigenvalue weighted by molar-refractivity contribution is -0.117. The summed E-state index contributed by atoms with van der Waals surface area (Å²) in [5.41, 5.74) is 2.71. The fourth-order valence-electron chi connectivity index (χ4n) is 2.61. The van der Waals surface area contributed by atoms with Gasteiger partial charge in [-0.1, -0.05) is 22.0 Å². The van der Waals surface area contributed by atoms with E-state index in [2.05, 4.69) is 31.9 Å². The van der Waals surface area contributed by atoms with Crippen molar-refractivity contribution in [3.05, 3.63) is 52.0 Å². The number of carbonyl (C=O) groups is 2. The van der Waals surface area contributed by atoms with Crippen molar-refractivity contribution in [1.29, 1.82) is 0 Å². The lowest BCUT2D eigenvalue weighted by Crippen LogP contribution is -2.34.